The highest BCUT2D eigenvalue weighted by Crippen LogP contribution is 2.40. The summed E-state index contributed by atoms with van der Waals surface area (Å²) in [5, 5.41) is 13.5. The van der Waals surface area contributed by atoms with E-state index < -0.39 is 6.10 Å². The van der Waals surface area contributed by atoms with Gasteiger partial charge in [0.1, 0.15) is 0 Å². The number of aliphatic hydroxyl groups is 1. The average molecular weight is 325 g/mol. The minimum atomic E-state index is -0.526. The second-order valence-electron chi connectivity index (χ2n) is 7.02. The number of nitrogens with one attached hydrogen (secondary N) is 2. The van der Waals surface area contributed by atoms with E-state index in [1.807, 2.05) is 0 Å². The maximum atomic E-state index is 12.5. The lowest BCUT2D eigenvalue weighted by atomic mass is 9.80. The van der Waals surface area contributed by atoms with Gasteiger partial charge in [-0.05, 0) is 43.2 Å². The molecular formula is C19H23N3O2. The van der Waals surface area contributed by atoms with Gasteiger partial charge in [0.2, 0.25) is 5.91 Å². The van der Waals surface area contributed by atoms with Crippen molar-refractivity contribution in [3.8, 4) is 0 Å². The van der Waals surface area contributed by atoms with Crippen molar-refractivity contribution in [1.82, 2.24) is 15.2 Å². The van der Waals surface area contributed by atoms with Crippen LogP contribution in [-0.4, -0.2) is 53.2 Å². The lowest BCUT2D eigenvalue weighted by molar-refractivity contribution is -0.124. The van der Waals surface area contributed by atoms with Crippen molar-refractivity contribution in [2.45, 2.75) is 25.5 Å². The Labute approximate surface area is 141 Å². The van der Waals surface area contributed by atoms with Crippen molar-refractivity contribution in [2.24, 2.45) is 5.92 Å². The summed E-state index contributed by atoms with van der Waals surface area (Å²) in [6.07, 6.45) is 4.69. The van der Waals surface area contributed by atoms with Crippen LogP contribution in [0.15, 0.2) is 30.5 Å². The van der Waals surface area contributed by atoms with Crippen molar-refractivity contribution in [3.63, 3.8) is 0 Å². The number of carbonyl (C=O) groups excluding carboxylic acids is 1. The number of hydrogen-bond donors (Lipinski definition) is 3. The van der Waals surface area contributed by atoms with Gasteiger partial charge in [0, 0.05) is 36.2 Å². The van der Waals surface area contributed by atoms with Gasteiger partial charge in [-0.2, -0.15) is 0 Å². The first-order valence-corrected chi connectivity index (χ1v) is 8.51. The molecule has 2 aliphatic rings. The molecule has 1 aliphatic heterocycles. The zero-order valence-corrected chi connectivity index (χ0v) is 14.0. The van der Waals surface area contributed by atoms with E-state index in [0.717, 1.165) is 11.9 Å². The molecule has 0 saturated heterocycles. The smallest absolute Gasteiger partial charge is 0.228 e. The molecule has 1 amide bonds. The number of nitrogens with zero attached hydrogens (tertiary/aromatic N) is 1. The minimum absolute atomic E-state index is 0.0132. The summed E-state index contributed by atoms with van der Waals surface area (Å²) in [5.74, 6) is -0.198. The molecule has 3 atom stereocenters. The number of aliphatic hydroxyl groups excluding tert-OH is 1. The molecule has 5 heteroatoms. The fourth-order valence-electron chi connectivity index (χ4n) is 3.99. The molecule has 0 bridgehead atoms. The Balaban J connectivity index is 1.72. The standard InChI is InChI=1S/C19H23N3O2/c1-11(23)8-21-19(24)13-6-15-14-4-3-5-16-18(14)12(9-20-16)7-17(15)22(2)10-13/h3-6,9,11,13,17,20,23H,7-8,10H2,1-2H3,(H,21,24)/t11?,13-,17-/m1/s1. The van der Waals surface area contributed by atoms with Crippen molar-refractivity contribution in [2.75, 3.05) is 20.1 Å². The van der Waals surface area contributed by atoms with Crippen LogP contribution in [-0.2, 0) is 11.2 Å². The Morgan fingerprint density at radius 3 is 3.12 bits per heavy atom. The van der Waals surface area contributed by atoms with Gasteiger partial charge in [-0.15, -0.1) is 0 Å². The van der Waals surface area contributed by atoms with Gasteiger partial charge >= 0.3 is 0 Å². The lowest BCUT2D eigenvalue weighted by Crippen LogP contribution is -2.47. The normalized spacial score (nSPS) is 24.4. The molecule has 3 N–H and O–H groups in total. The second kappa shape index (κ2) is 5.76. The van der Waals surface area contributed by atoms with Crippen LogP contribution < -0.4 is 5.32 Å². The van der Waals surface area contributed by atoms with Crippen LogP contribution >= 0.6 is 0 Å². The van der Waals surface area contributed by atoms with Gasteiger partial charge in [0.25, 0.3) is 0 Å². The van der Waals surface area contributed by atoms with Crippen LogP contribution in [0, 0.1) is 5.92 Å². The molecule has 5 nitrogen and oxygen atoms in total. The number of fused-ring (bicyclic) bond motifs is 2. The first-order chi connectivity index (χ1) is 11.5. The first-order valence-electron chi connectivity index (χ1n) is 8.51. The summed E-state index contributed by atoms with van der Waals surface area (Å²) in [6, 6.07) is 6.64. The highest BCUT2D eigenvalue weighted by Gasteiger charge is 2.35. The number of rotatable bonds is 3. The van der Waals surface area contributed by atoms with Gasteiger partial charge in [-0.1, -0.05) is 18.2 Å². The third kappa shape index (κ3) is 2.44. The summed E-state index contributed by atoms with van der Waals surface area (Å²) in [7, 11) is 2.09. The van der Waals surface area contributed by atoms with Gasteiger partial charge < -0.3 is 15.4 Å². The molecule has 0 spiro atoms. The monoisotopic (exact) mass is 325 g/mol. The number of aromatic nitrogens is 1. The fourth-order valence-corrected chi connectivity index (χ4v) is 3.99. The molecule has 0 fully saturated rings. The first kappa shape index (κ1) is 15.4. The van der Waals surface area contributed by atoms with Gasteiger partial charge in [-0.3, -0.25) is 9.69 Å². The Kier molecular flexibility index (Phi) is 3.70. The summed E-state index contributed by atoms with van der Waals surface area (Å²) < 4.78 is 0. The highest BCUT2D eigenvalue weighted by atomic mass is 16.3. The van der Waals surface area contributed by atoms with E-state index in [1.54, 1.807) is 6.92 Å². The van der Waals surface area contributed by atoms with Crippen molar-refractivity contribution in [3.05, 3.63) is 41.6 Å². The van der Waals surface area contributed by atoms with Crippen molar-refractivity contribution >= 4 is 22.4 Å². The minimum Gasteiger partial charge on any atom is -0.392 e. The van der Waals surface area contributed by atoms with Crippen LogP contribution in [0.5, 0.6) is 0 Å². The third-order valence-corrected chi connectivity index (χ3v) is 5.18. The van der Waals surface area contributed by atoms with E-state index in [9.17, 15) is 9.90 Å². The van der Waals surface area contributed by atoms with Crippen molar-refractivity contribution in [1.29, 1.82) is 0 Å². The predicted molar refractivity (Wildman–Crippen MR) is 94.6 cm³/mol. The molecule has 2 heterocycles. The Morgan fingerprint density at radius 1 is 1.50 bits per heavy atom. The number of hydrogen-bond acceptors (Lipinski definition) is 3. The largest absolute Gasteiger partial charge is 0.392 e. The predicted octanol–water partition coefficient (Wildman–Crippen LogP) is 1.53. The molecule has 2 aromatic rings. The van der Waals surface area contributed by atoms with Crippen LogP contribution in [0.25, 0.3) is 16.5 Å². The summed E-state index contributed by atoms with van der Waals surface area (Å²) in [4.78, 5) is 18.1. The van der Waals surface area contributed by atoms with E-state index in [2.05, 4.69) is 52.7 Å². The number of benzene rings is 1. The topological polar surface area (TPSA) is 68.4 Å². The SMILES string of the molecule is CC(O)CNC(=O)[C@@H]1C=C2c3cccc4[nH]cc(c34)C[C@H]2N(C)C1. The summed E-state index contributed by atoms with van der Waals surface area (Å²) in [6.45, 7) is 2.68. The zero-order chi connectivity index (χ0) is 16.8. The number of likely N-dealkylation sites (N-methyl/N-ethyl adjacent to an activating group) is 1. The Bertz CT molecular complexity index is 821. The third-order valence-electron chi connectivity index (χ3n) is 5.18. The molecule has 1 aliphatic carbocycles. The van der Waals surface area contributed by atoms with E-state index >= 15 is 0 Å². The van der Waals surface area contributed by atoms with Crippen LogP contribution in [0.3, 0.4) is 0 Å². The van der Waals surface area contributed by atoms with Gasteiger partial charge in [0.15, 0.2) is 0 Å². The van der Waals surface area contributed by atoms with Gasteiger partial charge in [-0.25, -0.2) is 0 Å². The maximum absolute atomic E-state index is 12.5. The van der Waals surface area contributed by atoms with Crippen molar-refractivity contribution < 1.29 is 9.90 Å². The number of amides is 1. The zero-order valence-electron chi connectivity index (χ0n) is 14.0. The van der Waals surface area contributed by atoms with Crippen LogP contribution in [0.4, 0.5) is 0 Å². The molecule has 1 unspecified atom stereocenters. The molecule has 4 rings (SSSR count). The van der Waals surface area contributed by atoms with E-state index in [4.69, 9.17) is 0 Å². The van der Waals surface area contributed by atoms with Crippen LogP contribution in [0.1, 0.15) is 18.1 Å². The maximum Gasteiger partial charge on any atom is 0.228 e. The Hall–Kier alpha value is -2.11. The van der Waals surface area contributed by atoms with E-state index in [-0.39, 0.29) is 11.8 Å². The molecule has 1 aromatic heterocycles. The molecule has 126 valence electrons. The summed E-state index contributed by atoms with van der Waals surface area (Å²) in [5.41, 5.74) is 5.00. The molecular weight excluding hydrogens is 302 g/mol. The lowest BCUT2D eigenvalue weighted by Gasteiger charge is -2.39. The molecule has 24 heavy (non-hydrogen) atoms. The highest BCUT2D eigenvalue weighted by molar-refractivity contribution is 5.99. The fraction of sp³-hybridized carbons (Fsp3) is 0.421. The Morgan fingerprint density at radius 2 is 2.33 bits per heavy atom. The molecule has 1 aromatic carbocycles. The number of carbonyl (C=O) groups is 1. The molecule has 0 saturated carbocycles. The summed E-state index contributed by atoms with van der Waals surface area (Å²) >= 11 is 0. The quantitative estimate of drug-likeness (QED) is 0.802. The number of H-pyrrole nitrogens is 1. The van der Waals surface area contributed by atoms with Gasteiger partial charge in [0.05, 0.1) is 12.0 Å². The second-order valence-corrected chi connectivity index (χ2v) is 7.02. The van der Waals surface area contributed by atoms with E-state index in [1.165, 1.54) is 22.1 Å². The average Bonchev–Trinajstić information content (AvgIpc) is 2.98. The van der Waals surface area contributed by atoms with E-state index in [0.29, 0.717) is 19.1 Å². The molecule has 0 radical (unpaired) electrons. The van der Waals surface area contributed by atoms with Crippen LogP contribution in [0.2, 0.25) is 0 Å². The number of aromatic amines is 1.